The molecule has 0 unspecified atom stereocenters. The molecular weight excluding hydrogens is 262 g/mol. The Hall–Kier alpha value is -2.62. The number of nitrogens with zero attached hydrogens (tertiary/aromatic N) is 2. The summed E-state index contributed by atoms with van der Waals surface area (Å²) in [5, 5.41) is 2.95. The van der Waals surface area contributed by atoms with Gasteiger partial charge in [0.15, 0.2) is 0 Å². The van der Waals surface area contributed by atoms with Crippen LogP contribution in [-0.2, 0) is 0 Å². The van der Waals surface area contributed by atoms with Crippen molar-refractivity contribution in [1.29, 1.82) is 0 Å². The molecule has 1 amide bonds. The number of hydrogen-bond acceptors (Lipinski definition) is 2. The summed E-state index contributed by atoms with van der Waals surface area (Å²) in [6.45, 7) is 5.96. The van der Waals surface area contributed by atoms with Gasteiger partial charge in [-0.3, -0.25) is 4.79 Å². The second kappa shape index (κ2) is 5.05. The Morgan fingerprint density at radius 2 is 1.95 bits per heavy atom. The number of carbonyl (C=O) groups is 1. The van der Waals surface area contributed by atoms with Crippen molar-refractivity contribution in [2.75, 3.05) is 5.32 Å². The van der Waals surface area contributed by atoms with Crippen LogP contribution in [0.25, 0.3) is 5.65 Å². The number of fused-ring (bicyclic) bond motifs is 1. The fourth-order valence-electron chi connectivity index (χ4n) is 2.40. The van der Waals surface area contributed by atoms with E-state index in [0.717, 1.165) is 22.6 Å². The number of nitrogens with one attached hydrogen (secondary N) is 1. The molecule has 3 rings (SSSR count). The van der Waals surface area contributed by atoms with Gasteiger partial charge in [0.25, 0.3) is 5.91 Å². The molecule has 0 atom stereocenters. The molecule has 4 heteroatoms. The third kappa shape index (κ3) is 2.65. The highest BCUT2D eigenvalue weighted by atomic mass is 16.1. The van der Waals surface area contributed by atoms with Crippen LogP contribution in [0.5, 0.6) is 0 Å². The minimum Gasteiger partial charge on any atom is -0.322 e. The fraction of sp³-hybridized carbons (Fsp3) is 0.176. The van der Waals surface area contributed by atoms with Crippen molar-refractivity contribution < 1.29 is 4.79 Å². The molecule has 1 N–H and O–H groups in total. The molecule has 21 heavy (non-hydrogen) atoms. The lowest BCUT2D eigenvalue weighted by molar-refractivity contribution is 0.102. The number of benzene rings is 1. The van der Waals surface area contributed by atoms with E-state index in [0.29, 0.717) is 5.56 Å². The molecule has 3 aromatic rings. The Bertz CT molecular complexity index is 833. The molecule has 0 fully saturated rings. The minimum absolute atomic E-state index is 0.120. The van der Waals surface area contributed by atoms with E-state index < -0.39 is 0 Å². The molecule has 0 spiro atoms. The number of amides is 1. The Balaban J connectivity index is 1.89. The highest BCUT2D eigenvalue weighted by Gasteiger charge is 2.09. The van der Waals surface area contributed by atoms with Crippen molar-refractivity contribution in [2.24, 2.45) is 0 Å². The molecule has 2 aromatic heterocycles. The number of anilines is 1. The Kier molecular flexibility index (Phi) is 3.22. The van der Waals surface area contributed by atoms with Crippen LogP contribution < -0.4 is 5.32 Å². The largest absolute Gasteiger partial charge is 0.322 e. The van der Waals surface area contributed by atoms with E-state index in [1.54, 1.807) is 12.1 Å². The van der Waals surface area contributed by atoms with Crippen molar-refractivity contribution >= 4 is 17.2 Å². The normalized spacial score (nSPS) is 10.8. The number of carbonyl (C=O) groups excluding carboxylic acids is 1. The van der Waals surface area contributed by atoms with Gasteiger partial charge in [0, 0.05) is 23.6 Å². The van der Waals surface area contributed by atoms with E-state index in [-0.39, 0.29) is 5.91 Å². The van der Waals surface area contributed by atoms with Gasteiger partial charge >= 0.3 is 0 Å². The topological polar surface area (TPSA) is 46.4 Å². The molecule has 1 aromatic carbocycles. The first-order valence-corrected chi connectivity index (χ1v) is 6.87. The van der Waals surface area contributed by atoms with Gasteiger partial charge in [0.05, 0.1) is 5.69 Å². The van der Waals surface area contributed by atoms with E-state index >= 15 is 0 Å². The Morgan fingerprint density at radius 3 is 2.71 bits per heavy atom. The van der Waals surface area contributed by atoms with E-state index in [1.807, 2.05) is 49.7 Å². The van der Waals surface area contributed by atoms with Crippen LogP contribution in [0.3, 0.4) is 0 Å². The van der Waals surface area contributed by atoms with Crippen LogP contribution in [0.1, 0.15) is 27.2 Å². The van der Waals surface area contributed by atoms with Crippen molar-refractivity contribution in [3.8, 4) is 0 Å². The van der Waals surface area contributed by atoms with Gasteiger partial charge in [-0.25, -0.2) is 4.98 Å². The highest BCUT2D eigenvalue weighted by Crippen LogP contribution is 2.17. The lowest BCUT2D eigenvalue weighted by atomic mass is 10.1. The van der Waals surface area contributed by atoms with Crippen molar-refractivity contribution in [3.63, 3.8) is 0 Å². The number of aromatic nitrogens is 2. The van der Waals surface area contributed by atoms with E-state index in [1.165, 1.54) is 5.56 Å². The molecule has 0 aliphatic carbocycles. The van der Waals surface area contributed by atoms with Crippen LogP contribution >= 0.6 is 0 Å². The number of aryl methyl sites for hydroxylation is 3. The first-order valence-electron chi connectivity index (χ1n) is 6.87. The van der Waals surface area contributed by atoms with Crippen LogP contribution in [0.2, 0.25) is 0 Å². The lowest BCUT2D eigenvalue weighted by Gasteiger charge is -2.09. The summed E-state index contributed by atoms with van der Waals surface area (Å²) in [7, 11) is 0. The fourth-order valence-corrected chi connectivity index (χ4v) is 2.40. The van der Waals surface area contributed by atoms with E-state index in [4.69, 9.17) is 0 Å². The average molecular weight is 279 g/mol. The maximum Gasteiger partial charge on any atom is 0.255 e. The third-order valence-electron chi connectivity index (χ3n) is 3.47. The maximum absolute atomic E-state index is 12.4. The van der Waals surface area contributed by atoms with Crippen LogP contribution in [0.15, 0.2) is 42.7 Å². The van der Waals surface area contributed by atoms with Gasteiger partial charge < -0.3 is 9.72 Å². The van der Waals surface area contributed by atoms with Gasteiger partial charge in [0.1, 0.15) is 5.65 Å². The maximum atomic E-state index is 12.4. The van der Waals surface area contributed by atoms with Gasteiger partial charge in [-0.05, 0) is 44.5 Å². The standard InChI is InChI=1S/C17H17N3O/c1-11-4-5-15(12(2)8-11)19-17(21)14-6-7-20-10-13(3)18-16(20)9-14/h4-10H,1-3H3,(H,19,21). The lowest BCUT2D eigenvalue weighted by Crippen LogP contribution is -2.13. The molecule has 106 valence electrons. The Labute approximate surface area is 123 Å². The molecule has 0 aliphatic rings. The summed E-state index contributed by atoms with van der Waals surface area (Å²) in [5.74, 6) is -0.120. The molecule has 0 saturated carbocycles. The predicted octanol–water partition coefficient (Wildman–Crippen LogP) is 3.51. The molecule has 0 saturated heterocycles. The average Bonchev–Trinajstić information content (AvgIpc) is 2.80. The van der Waals surface area contributed by atoms with E-state index in [2.05, 4.69) is 16.4 Å². The second-order valence-electron chi connectivity index (χ2n) is 5.34. The Morgan fingerprint density at radius 1 is 1.14 bits per heavy atom. The zero-order chi connectivity index (χ0) is 15.0. The molecule has 4 nitrogen and oxygen atoms in total. The zero-order valence-electron chi connectivity index (χ0n) is 12.3. The summed E-state index contributed by atoms with van der Waals surface area (Å²) in [6, 6.07) is 9.57. The van der Waals surface area contributed by atoms with Crippen molar-refractivity contribution in [1.82, 2.24) is 9.38 Å². The summed E-state index contributed by atoms with van der Waals surface area (Å²) in [6.07, 6.45) is 3.79. The molecule has 0 radical (unpaired) electrons. The van der Waals surface area contributed by atoms with Gasteiger partial charge in [-0.15, -0.1) is 0 Å². The molecular formula is C17H17N3O. The van der Waals surface area contributed by atoms with Gasteiger partial charge in [0.2, 0.25) is 0 Å². The SMILES string of the molecule is Cc1ccc(NC(=O)c2ccn3cc(C)nc3c2)c(C)c1. The molecule has 2 heterocycles. The smallest absolute Gasteiger partial charge is 0.255 e. The second-order valence-corrected chi connectivity index (χ2v) is 5.34. The first kappa shape index (κ1) is 13.4. The van der Waals surface area contributed by atoms with Gasteiger partial charge in [-0.2, -0.15) is 0 Å². The van der Waals surface area contributed by atoms with Gasteiger partial charge in [-0.1, -0.05) is 17.7 Å². The molecule has 0 aliphatic heterocycles. The summed E-state index contributed by atoms with van der Waals surface area (Å²) in [5.41, 5.74) is 5.39. The number of hydrogen-bond donors (Lipinski definition) is 1. The summed E-state index contributed by atoms with van der Waals surface area (Å²) < 4.78 is 1.91. The number of imidazole rings is 1. The van der Waals surface area contributed by atoms with Crippen molar-refractivity contribution in [2.45, 2.75) is 20.8 Å². The van der Waals surface area contributed by atoms with E-state index in [9.17, 15) is 4.79 Å². The zero-order valence-corrected chi connectivity index (χ0v) is 12.3. The number of rotatable bonds is 2. The van der Waals surface area contributed by atoms with Crippen LogP contribution in [-0.4, -0.2) is 15.3 Å². The summed E-state index contributed by atoms with van der Waals surface area (Å²) in [4.78, 5) is 16.7. The minimum atomic E-state index is -0.120. The first-order chi connectivity index (χ1) is 10.0. The van der Waals surface area contributed by atoms with Crippen LogP contribution in [0.4, 0.5) is 5.69 Å². The monoisotopic (exact) mass is 279 g/mol. The number of pyridine rings is 1. The quantitative estimate of drug-likeness (QED) is 0.780. The molecule has 0 bridgehead atoms. The highest BCUT2D eigenvalue weighted by molar-refractivity contribution is 6.05. The third-order valence-corrected chi connectivity index (χ3v) is 3.47. The van der Waals surface area contributed by atoms with Crippen LogP contribution in [0, 0.1) is 20.8 Å². The van der Waals surface area contributed by atoms with Crippen molar-refractivity contribution in [3.05, 3.63) is 65.1 Å². The summed E-state index contributed by atoms with van der Waals surface area (Å²) >= 11 is 0. The predicted molar refractivity (Wildman–Crippen MR) is 83.8 cm³/mol.